The first kappa shape index (κ1) is 9.08. The van der Waals surface area contributed by atoms with E-state index in [0.29, 0.717) is 0 Å². The van der Waals surface area contributed by atoms with Crippen LogP contribution in [0.4, 0.5) is 14.5 Å². The highest BCUT2D eigenvalue weighted by Crippen LogP contribution is 2.32. The molecule has 1 amide bonds. The lowest BCUT2D eigenvalue weighted by Gasteiger charge is -2.01. The van der Waals surface area contributed by atoms with Gasteiger partial charge < -0.3 is 5.32 Å². The summed E-state index contributed by atoms with van der Waals surface area (Å²) in [6.07, 6.45) is 0. The number of rotatable bonds is 0. The van der Waals surface area contributed by atoms with Gasteiger partial charge in [-0.25, -0.2) is 8.78 Å². The summed E-state index contributed by atoms with van der Waals surface area (Å²) in [5.74, 6) is -4.25. The molecule has 3 nitrogen and oxygen atoms in total. The van der Waals surface area contributed by atoms with Crippen molar-refractivity contribution in [3.8, 4) is 0 Å². The third-order valence-electron chi connectivity index (χ3n) is 1.84. The van der Waals surface area contributed by atoms with E-state index in [9.17, 15) is 18.4 Å². The van der Waals surface area contributed by atoms with E-state index in [2.05, 4.69) is 0 Å². The van der Waals surface area contributed by atoms with Gasteiger partial charge in [-0.1, -0.05) is 11.6 Å². The van der Waals surface area contributed by atoms with Gasteiger partial charge in [0.2, 0.25) is 0 Å². The van der Waals surface area contributed by atoms with Gasteiger partial charge >= 0.3 is 0 Å². The molecule has 1 aromatic carbocycles. The van der Waals surface area contributed by atoms with Crippen LogP contribution < -0.4 is 5.32 Å². The zero-order valence-electron chi connectivity index (χ0n) is 6.53. The molecule has 1 aliphatic rings. The predicted molar refractivity (Wildman–Crippen MR) is 44.3 cm³/mol. The van der Waals surface area contributed by atoms with Gasteiger partial charge in [0, 0.05) is 0 Å². The van der Waals surface area contributed by atoms with E-state index in [0.717, 1.165) is 6.07 Å². The Morgan fingerprint density at radius 1 is 1.29 bits per heavy atom. The lowest BCUT2D eigenvalue weighted by Crippen LogP contribution is -2.13. The Hall–Kier alpha value is -1.49. The summed E-state index contributed by atoms with van der Waals surface area (Å²) in [6, 6.07) is 0.809. The van der Waals surface area contributed by atoms with Crippen molar-refractivity contribution in [3.63, 3.8) is 0 Å². The second-order valence-electron chi connectivity index (χ2n) is 2.69. The minimum atomic E-state index is -1.20. The molecule has 72 valence electrons. The van der Waals surface area contributed by atoms with Crippen LogP contribution in [0.5, 0.6) is 0 Å². The number of ketones is 1. The number of fused-ring (bicyclic) bond motifs is 1. The molecular weight excluding hydrogens is 216 g/mol. The minimum Gasteiger partial charge on any atom is -0.318 e. The van der Waals surface area contributed by atoms with E-state index in [-0.39, 0.29) is 5.69 Å². The number of amides is 1. The predicted octanol–water partition coefficient (Wildman–Crippen LogP) is 1.75. The largest absolute Gasteiger partial charge is 0.318 e. The first-order valence-electron chi connectivity index (χ1n) is 3.55. The molecule has 0 saturated carbocycles. The summed E-state index contributed by atoms with van der Waals surface area (Å²) in [7, 11) is 0. The Morgan fingerprint density at radius 3 is 2.57 bits per heavy atom. The average molecular weight is 218 g/mol. The van der Waals surface area contributed by atoms with Crippen molar-refractivity contribution >= 4 is 29.0 Å². The van der Waals surface area contributed by atoms with Crippen LogP contribution >= 0.6 is 11.6 Å². The number of anilines is 1. The standard InChI is InChI=1S/C8H2ClF2NO2/c9-5-2(10)1-3-4(6(5)11)7(13)8(14)12-3/h1H,(H,12,13,14). The number of carbonyl (C=O) groups excluding carboxylic acids is 2. The lowest BCUT2D eigenvalue weighted by atomic mass is 10.1. The quantitative estimate of drug-likeness (QED) is 0.532. The molecule has 0 radical (unpaired) electrons. The highest BCUT2D eigenvalue weighted by Gasteiger charge is 2.33. The smallest absolute Gasteiger partial charge is 0.296 e. The maximum absolute atomic E-state index is 13.2. The molecule has 1 aliphatic heterocycles. The molecule has 2 rings (SSSR count). The fraction of sp³-hybridized carbons (Fsp3) is 0. The summed E-state index contributed by atoms with van der Waals surface area (Å²) < 4.78 is 26.1. The fourth-order valence-corrected chi connectivity index (χ4v) is 1.36. The molecule has 1 aromatic rings. The Kier molecular flexibility index (Phi) is 1.78. The van der Waals surface area contributed by atoms with Crippen molar-refractivity contribution in [2.24, 2.45) is 0 Å². The van der Waals surface area contributed by atoms with E-state index < -0.39 is 33.9 Å². The topological polar surface area (TPSA) is 46.2 Å². The van der Waals surface area contributed by atoms with Crippen molar-refractivity contribution in [3.05, 3.63) is 28.3 Å². The van der Waals surface area contributed by atoms with Crippen molar-refractivity contribution in [2.75, 3.05) is 5.32 Å². The third-order valence-corrected chi connectivity index (χ3v) is 2.19. The summed E-state index contributed by atoms with van der Waals surface area (Å²) in [5, 5.41) is 1.25. The number of benzene rings is 1. The molecule has 0 aromatic heterocycles. The maximum atomic E-state index is 13.2. The molecule has 0 atom stereocenters. The second kappa shape index (κ2) is 2.75. The molecule has 0 bridgehead atoms. The van der Waals surface area contributed by atoms with Crippen LogP contribution in [0, 0.1) is 11.6 Å². The normalized spacial score (nSPS) is 14.2. The Bertz CT molecular complexity index is 473. The summed E-state index contributed by atoms with van der Waals surface area (Å²) in [6.45, 7) is 0. The molecule has 0 spiro atoms. The molecule has 0 aliphatic carbocycles. The van der Waals surface area contributed by atoms with Crippen molar-refractivity contribution in [1.82, 2.24) is 0 Å². The number of hydrogen-bond acceptors (Lipinski definition) is 2. The Labute approximate surface area is 81.7 Å². The molecule has 14 heavy (non-hydrogen) atoms. The Morgan fingerprint density at radius 2 is 1.93 bits per heavy atom. The highest BCUT2D eigenvalue weighted by atomic mass is 35.5. The van der Waals surface area contributed by atoms with E-state index in [1.165, 1.54) is 0 Å². The summed E-state index contributed by atoms with van der Waals surface area (Å²) >= 11 is 5.23. The zero-order valence-corrected chi connectivity index (χ0v) is 7.28. The van der Waals surface area contributed by atoms with Gasteiger partial charge in [-0.3, -0.25) is 9.59 Å². The van der Waals surface area contributed by atoms with Crippen LogP contribution in [0.1, 0.15) is 10.4 Å². The molecule has 0 fully saturated rings. The van der Waals surface area contributed by atoms with Crippen LogP contribution in [-0.4, -0.2) is 11.7 Å². The molecular formula is C8H2ClF2NO2. The van der Waals surface area contributed by atoms with Gasteiger partial charge in [0.25, 0.3) is 11.7 Å². The van der Waals surface area contributed by atoms with Gasteiger partial charge in [-0.2, -0.15) is 0 Å². The zero-order chi connectivity index (χ0) is 10.5. The van der Waals surface area contributed by atoms with E-state index in [4.69, 9.17) is 11.6 Å². The van der Waals surface area contributed by atoms with Gasteiger partial charge in [0.15, 0.2) is 5.82 Å². The monoisotopic (exact) mass is 217 g/mol. The lowest BCUT2D eigenvalue weighted by molar-refractivity contribution is -0.112. The van der Waals surface area contributed by atoms with Crippen LogP contribution in [0.15, 0.2) is 6.07 Å². The molecule has 0 saturated heterocycles. The number of carbonyl (C=O) groups is 2. The van der Waals surface area contributed by atoms with Crippen molar-refractivity contribution < 1.29 is 18.4 Å². The summed E-state index contributed by atoms with van der Waals surface area (Å²) in [4.78, 5) is 21.9. The summed E-state index contributed by atoms with van der Waals surface area (Å²) in [5.41, 5.74) is -0.680. The number of nitrogens with one attached hydrogen (secondary N) is 1. The molecule has 0 unspecified atom stereocenters. The van der Waals surface area contributed by atoms with Crippen LogP contribution in [0.3, 0.4) is 0 Å². The van der Waals surface area contributed by atoms with Gasteiger partial charge in [0.05, 0.1) is 11.3 Å². The third kappa shape index (κ3) is 1.02. The van der Waals surface area contributed by atoms with Crippen LogP contribution in [0.25, 0.3) is 0 Å². The van der Waals surface area contributed by atoms with Crippen LogP contribution in [0.2, 0.25) is 5.02 Å². The van der Waals surface area contributed by atoms with E-state index in [1.54, 1.807) is 0 Å². The molecule has 1 heterocycles. The number of halogens is 3. The van der Waals surface area contributed by atoms with Crippen molar-refractivity contribution in [1.29, 1.82) is 0 Å². The molecule has 6 heteroatoms. The fourth-order valence-electron chi connectivity index (χ4n) is 1.21. The second-order valence-corrected chi connectivity index (χ2v) is 3.07. The van der Waals surface area contributed by atoms with E-state index in [1.807, 2.05) is 5.32 Å². The van der Waals surface area contributed by atoms with Crippen LogP contribution in [-0.2, 0) is 4.79 Å². The first-order valence-corrected chi connectivity index (χ1v) is 3.93. The maximum Gasteiger partial charge on any atom is 0.296 e. The van der Waals surface area contributed by atoms with Gasteiger partial charge in [-0.15, -0.1) is 0 Å². The number of hydrogen-bond donors (Lipinski definition) is 1. The average Bonchev–Trinajstić information content (AvgIpc) is 2.39. The van der Waals surface area contributed by atoms with E-state index >= 15 is 0 Å². The SMILES string of the molecule is O=C1Nc2cc(F)c(Cl)c(F)c2C1=O. The minimum absolute atomic E-state index is 0.181. The first-order chi connectivity index (χ1) is 6.52. The van der Waals surface area contributed by atoms with Gasteiger partial charge in [0.1, 0.15) is 10.8 Å². The highest BCUT2D eigenvalue weighted by molar-refractivity contribution is 6.52. The van der Waals surface area contributed by atoms with Gasteiger partial charge in [-0.05, 0) is 6.07 Å². The molecule has 1 N–H and O–H groups in total. The Balaban J connectivity index is 2.77. The van der Waals surface area contributed by atoms with Crippen molar-refractivity contribution in [2.45, 2.75) is 0 Å². The number of Topliss-reactive ketones (excluding diaryl/α,β-unsaturated/α-hetero) is 1.